The summed E-state index contributed by atoms with van der Waals surface area (Å²) in [5.74, 6) is 1.10. The average Bonchev–Trinajstić information content (AvgIpc) is 2.70. The molecule has 0 amide bonds. The number of hydrogen-bond acceptors (Lipinski definition) is 6. The van der Waals surface area contributed by atoms with Gasteiger partial charge in [-0.3, -0.25) is 9.89 Å². The van der Waals surface area contributed by atoms with Gasteiger partial charge in [0, 0.05) is 5.56 Å². The van der Waals surface area contributed by atoms with E-state index in [2.05, 4.69) is 15.3 Å². The number of nitrogens with zero attached hydrogens (tertiary/aromatic N) is 3. The zero-order valence-electron chi connectivity index (χ0n) is 15.8. The van der Waals surface area contributed by atoms with Crippen molar-refractivity contribution in [3.05, 3.63) is 80.0 Å². The number of rotatable bonds is 6. The molecule has 3 aromatic rings. The van der Waals surface area contributed by atoms with E-state index in [0.717, 1.165) is 10.2 Å². The van der Waals surface area contributed by atoms with E-state index in [1.165, 1.54) is 11.8 Å². The number of aromatic nitrogens is 3. The Morgan fingerprint density at radius 3 is 2.68 bits per heavy atom. The van der Waals surface area contributed by atoms with Crippen LogP contribution in [-0.4, -0.2) is 28.2 Å². The summed E-state index contributed by atoms with van der Waals surface area (Å²) in [6.45, 7) is 3.99. The van der Waals surface area contributed by atoms with Gasteiger partial charge < -0.3 is 9.47 Å². The number of benzene rings is 2. The standard InChI is InChI=1S/C20H20N4O3S/c1-13-7-9-15(10-8-13)12-27-18-16(5-4-6-17(18)26-3)11-21-24-19(25)14(2)22-23-20(24)28/h4-11H,12H2,1-3H3,(H,23,28)/b21-11+. The number of methoxy groups -OCH3 is 1. The minimum atomic E-state index is -0.384. The van der Waals surface area contributed by atoms with Crippen molar-refractivity contribution in [3.8, 4) is 11.5 Å². The van der Waals surface area contributed by atoms with Crippen LogP contribution in [0, 0.1) is 18.6 Å². The highest BCUT2D eigenvalue weighted by atomic mass is 32.1. The molecule has 0 radical (unpaired) electrons. The average molecular weight is 396 g/mol. The topological polar surface area (TPSA) is 81.5 Å². The molecule has 0 bridgehead atoms. The van der Waals surface area contributed by atoms with Gasteiger partial charge in [-0.2, -0.15) is 14.9 Å². The lowest BCUT2D eigenvalue weighted by atomic mass is 10.1. The number of aryl methyl sites for hydroxylation is 2. The van der Waals surface area contributed by atoms with Gasteiger partial charge in [-0.1, -0.05) is 35.9 Å². The third-order valence-corrected chi connectivity index (χ3v) is 4.32. The highest BCUT2D eigenvalue weighted by Crippen LogP contribution is 2.30. The van der Waals surface area contributed by atoms with Gasteiger partial charge in [0.15, 0.2) is 11.5 Å². The summed E-state index contributed by atoms with van der Waals surface area (Å²) in [4.78, 5) is 12.2. The molecule has 144 valence electrons. The van der Waals surface area contributed by atoms with Gasteiger partial charge in [0.2, 0.25) is 4.77 Å². The summed E-state index contributed by atoms with van der Waals surface area (Å²) in [5.41, 5.74) is 2.76. The highest BCUT2D eigenvalue weighted by Gasteiger charge is 2.10. The summed E-state index contributed by atoms with van der Waals surface area (Å²) in [6.07, 6.45) is 1.51. The van der Waals surface area contributed by atoms with Crippen molar-refractivity contribution < 1.29 is 9.47 Å². The maximum Gasteiger partial charge on any atom is 0.296 e. The van der Waals surface area contributed by atoms with Crippen LogP contribution in [0.1, 0.15) is 22.4 Å². The van der Waals surface area contributed by atoms with Crippen LogP contribution in [0.3, 0.4) is 0 Å². The Labute approximate surface area is 167 Å². The van der Waals surface area contributed by atoms with Crippen LogP contribution in [0.4, 0.5) is 0 Å². The molecular formula is C20H20N4O3S. The third kappa shape index (κ3) is 4.34. The van der Waals surface area contributed by atoms with Crippen LogP contribution in [0.25, 0.3) is 0 Å². The van der Waals surface area contributed by atoms with Gasteiger partial charge in [0.05, 0.1) is 13.3 Å². The van der Waals surface area contributed by atoms with Gasteiger partial charge in [-0.05, 0) is 43.8 Å². The normalized spacial score (nSPS) is 11.0. The van der Waals surface area contributed by atoms with Crippen molar-refractivity contribution >= 4 is 18.4 Å². The first-order valence-electron chi connectivity index (χ1n) is 8.57. The van der Waals surface area contributed by atoms with E-state index in [9.17, 15) is 4.79 Å². The van der Waals surface area contributed by atoms with Crippen molar-refractivity contribution in [2.24, 2.45) is 5.10 Å². The molecule has 0 fully saturated rings. The van der Waals surface area contributed by atoms with Crippen LogP contribution in [0.2, 0.25) is 0 Å². The van der Waals surface area contributed by atoms with Gasteiger partial charge >= 0.3 is 0 Å². The molecule has 0 saturated carbocycles. The molecule has 7 nitrogen and oxygen atoms in total. The predicted octanol–water partition coefficient (Wildman–Crippen LogP) is 3.39. The van der Waals surface area contributed by atoms with Crippen molar-refractivity contribution in [1.82, 2.24) is 14.9 Å². The van der Waals surface area contributed by atoms with E-state index in [1.54, 1.807) is 20.1 Å². The molecule has 3 rings (SSSR count). The fourth-order valence-corrected chi connectivity index (χ4v) is 2.66. The Balaban J connectivity index is 1.93. The van der Waals surface area contributed by atoms with Crippen LogP contribution >= 0.6 is 12.2 Å². The molecule has 0 aliphatic heterocycles. The highest BCUT2D eigenvalue weighted by molar-refractivity contribution is 7.71. The Bertz CT molecular complexity index is 1120. The molecule has 0 unspecified atom stereocenters. The Morgan fingerprint density at radius 1 is 1.21 bits per heavy atom. The molecular weight excluding hydrogens is 376 g/mol. The first-order valence-corrected chi connectivity index (χ1v) is 8.98. The predicted molar refractivity (Wildman–Crippen MR) is 110 cm³/mol. The minimum absolute atomic E-state index is 0.108. The third-order valence-electron chi connectivity index (χ3n) is 4.06. The summed E-state index contributed by atoms with van der Waals surface area (Å²) in [7, 11) is 1.57. The van der Waals surface area contributed by atoms with Crippen molar-refractivity contribution in [3.63, 3.8) is 0 Å². The molecule has 0 aliphatic carbocycles. The Hall–Kier alpha value is -3.26. The van der Waals surface area contributed by atoms with Crippen LogP contribution in [0.5, 0.6) is 11.5 Å². The summed E-state index contributed by atoms with van der Waals surface area (Å²) in [6, 6.07) is 13.5. The number of aromatic amines is 1. The first kappa shape index (κ1) is 19.5. The molecule has 0 spiro atoms. The van der Waals surface area contributed by atoms with Crippen molar-refractivity contribution in [1.29, 1.82) is 0 Å². The molecule has 28 heavy (non-hydrogen) atoms. The summed E-state index contributed by atoms with van der Waals surface area (Å²) >= 11 is 5.10. The van der Waals surface area contributed by atoms with E-state index < -0.39 is 0 Å². The maximum atomic E-state index is 12.2. The SMILES string of the molecule is COc1cccc(/C=N/n2c(=S)[nH]nc(C)c2=O)c1OCc1ccc(C)cc1. The number of H-pyrrole nitrogens is 1. The number of hydrogen-bond donors (Lipinski definition) is 1. The van der Waals surface area contributed by atoms with Crippen molar-refractivity contribution in [2.75, 3.05) is 7.11 Å². The van der Waals surface area contributed by atoms with E-state index in [4.69, 9.17) is 21.7 Å². The number of ether oxygens (including phenoxy) is 2. The number of nitrogens with one attached hydrogen (secondary N) is 1. The second kappa shape index (κ2) is 8.62. The second-order valence-corrected chi connectivity index (χ2v) is 6.52. The largest absolute Gasteiger partial charge is 0.493 e. The van der Waals surface area contributed by atoms with Gasteiger partial charge in [0.25, 0.3) is 5.56 Å². The van der Waals surface area contributed by atoms with Gasteiger partial charge in [-0.15, -0.1) is 0 Å². The van der Waals surface area contributed by atoms with Gasteiger partial charge in [0.1, 0.15) is 12.3 Å². The second-order valence-electron chi connectivity index (χ2n) is 6.13. The Morgan fingerprint density at radius 2 is 1.96 bits per heavy atom. The van der Waals surface area contributed by atoms with Crippen LogP contribution in [-0.2, 0) is 6.61 Å². The van der Waals surface area contributed by atoms with Crippen LogP contribution in [0.15, 0.2) is 52.4 Å². The summed E-state index contributed by atoms with van der Waals surface area (Å²) in [5, 5.41) is 10.6. The van der Waals surface area contributed by atoms with E-state index in [-0.39, 0.29) is 16.0 Å². The van der Waals surface area contributed by atoms with Crippen molar-refractivity contribution in [2.45, 2.75) is 20.5 Å². The lowest BCUT2D eigenvalue weighted by molar-refractivity contribution is 0.284. The molecule has 8 heteroatoms. The molecule has 1 N–H and O–H groups in total. The zero-order chi connectivity index (χ0) is 20.1. The fourth-order valence-electron chi connectivity index (χ4n) is 2.49. The van der Waals surface area contributed by atoms with E-state index in [0.29, 0.717) is 23.7 Å². The van der Waals surface area contributed by atoms with E-state index >= 15 is 0 Å². The molecule has 2 aromatic carbocycles. The van der Waals surface area contributed by atoms with Gasteiger partial charge in [-0.25, -0.2) is 0 Å². The monoisotopic (exact) mass is 396 g/mol. The van der Waals surface area contributed by atoms with Crippen LogP contribution < -0.4 is 15.0 Å². The fraction of sp³-hybridized carbons (Fsp3) is 0.200. The molecule has 0 saturated heterocycles. The quantitative estimate of drug-likeness (QED) is 0.510. The Kier molecular flexibility index (Phi) is 6.00. The summed E-state index contributed by atoms with van der Waals surface area (Å²) < 4.78 is 12.6. The molecule has 0 aliphatic rings. The molecule has 1 aromatic heterocycles. The molecule has 0 atom stereocenters. The first-order chi connectivity index (χ1) is 13.5. The molecule has 1 heterocycles. The smallest absolute Gasteiger partial charge is 0.296 e. The zero-order valence-corrected chi connectivity index (χ0v) is 16.6. The number of para-hydroxylation sites is 1. The van der Waals surface area contributed by atoms with E-state index in [1.807, 2.05) is 43.3 Å². The minimum Gasteiger partial charge on any atom is -0.493 e. The maximum absolute atomic E-state index is 12.2. The lowest BCUT2D eigenvalue weighted by Crippen LogP contribution is -2.22. The lowest BCUT2D eigenvalue weighted by Gasteiger charge is -2.13.